The van der Waals surface area contributed by atoms with Crippen LogP contribution in [0.25, 0.3) is 17.0 Å². The standard InChI is InChI=1S/C20H16BrF3O3S2/c1-28-18(29(2)25)9-13-3-4-15(20(22,23)24)10-17(13)27-11-12-7-14-5-6-26-19(14)16(21)8-12/h3-10H,11H2,1-2H3/b18-9+. The number of furan rings is 1. The van der Waals surface area contributed by atoms with Crippen LogP contribution >= 0.6 is 27.7 Å². The van der Waals surface area contributed by atoms with E-state index in [0.29, 0.717) is 15.4 Å². The summed E-state index contributed by atoms with van der Waals surface area (Å²) in [5, 5.41) is 0.855. The van der Waals surface area contributed by atoms with Crippen LogP contribution in [0.3, 0.4) is 0 Å². The minimum atomic E-state index is -4.49. The number of thioether (sulfide) groups is 1. The predicted molar refractivity (Wildman–Crippen MR) is 115 cm³/mol. The molecular formula is C20H16BrF3O3S2. The van der Waals surface area contributed by atoms with Crippen molar-refractivity contribution in [2.45, 2.75) is 12.8 Å². The molecule has 0 aliphatic heterocycles. The number of alkyl halides is 3. The Balaban J connectivity index is 1.95. The molecule has 3 nitrogen and oxygen atoms in total. The van der Waals surface area contributed by atoms with Crippen LogP contribution in [0.4, 0.5) is 13.2 Å². The second kappa shape index (κ2) is 9.07. The minimum absolute atomic E-state index is 0.0612. The zero-order chi connectivity index (χ0) is 21.2. The molecule has 1 unspecified atom stereocenters. The summed E-state index contributed by atoms with van der Waals surface area (Å²) < 4.78 is 63.7. The van der Waals surface area contributed by atoms with Gasteiger partial charge in [0.15, 0.2) is 4.24 Å². The van der Waals surface area contributed by atoms with Crippen molar-refractivity contribution < 1.29 is 26.9 Å². The normalized spacial score (nSPS) is 13.7. The van der Waals surface area contributed by atoms with Crippen molar-refractivity contribution in [2.75, 3.05) is 12.5 Å². The van der Waals surface area contributed by atoms with Gasteiger partial charge in [-0.1, -0.05) is 17.8 Å². The summed E-state index contributed by atoms with van der Waals surface area (Å²) in [5.41, 5.74) is 1.08. The van der Waals surface area contributed by atoms with Gasteiger partial charge in [-0.2, -0.15) is 13.2 Å². The Morgan fingerprint density at radius 2 is 2.03 bits per heavy atom. The summed E-state index contributed by atoms with van der Waals surface area (Å²) in [6.07, 6.45) is 1.94. The fourth-order valence-electron chi connectivity index (χ4n) is 2.68. The maximum Gasteiger partial charge on any atom is 0.416 e. The van der Waals surface area contributed by atoms with E-state index in [9.17, 15) is 17.7 Å². The van der Waals surface area contributed by atoms with E-state index in [1.165, 1.54) is 24.1 Å². The van der Waals surface area contributed by atoms with Crippen LogP contribution in [0.5, 0.6) is 5.75 Å². The van der Waals surface area contributed by atoms with E-state index in [0.717, 1.165) is 27.6 Å². The molecule has 0 amide bonds. The average Bonchev–Trinajstić information content (AvgIpc) is 3.13. The smallest absolute Gasteiger partial charge is 0.416 e. The highest BCUT2D eigenvalue weighted by Gasteiger charge is 2.31. The molecule has 0 N–H and O–H groups in total. The first-order valence-corrected chi connectivity index (χ1v) is 11.9. The Kier molecular flexibility index (Phi) is 6.93. The maximum atomic E-state index is 13.2. The largest absolute Gasteiger partial charge is 0.611 e. The van der Waals surface area contributed by atoms with E-state index in [4.69, 9.17) is 9.15 Å². The Morgan fingerprint density at radius 1 is 1.28 bits per heavy atom. The number of rotatable bonds is 6. The van der Waals surface area contributed by atoms with Gasteiger partial charge in [0.2, 0.25) is 0 Å². The van der Waals surface area contributed by atoms with Gasteiger partial charge in [0.1, 0.15) is 24.2 Å². The van der Waals surface area contributed by atoms with Gasteiger partial charge < -0.3 is 13.7 Å². The summed E-state index contributed by atoms with van der Waals surface area (Å²) in [5.74, 6) is 0.0697. The molecule has 0 spiro atoms. The Morgan fingerprint density at radius 3 is 2.69 bits per heavy atom. The lowest BCUT2D eigenvalue weighted by Gasteiger charge is -2.14. The fraction of sp³-hybridized carbons (Fsp3) is 0.200. The summed E-state index contributed by atoms with van der Waals surface area (Å²) >= 11 is 3.44. The van der Waals surface area contributed by atoms with E-state index in [-0.39, 0.29) is 12.4 Å². The van der Waals surface area contributed by atoms with E-state index >= 15 is 0 Å². The Labute approximate surface area is 181 Å². The molecule has 0 aliphatic carbocycles. The summed E-state index contributed by atoms with van der Waals surface area (Å²) in [7, 11) is 0. The first-order chi connectivity index (χ1) is 13.7. The lowest BCUT2D eigenvalue weighted by molar-refractivity contribution is -0.137. The minimum Gasteiger partial charge on any atom is -0.611 e. The third-order valence-electron chi connectivity index (χ3n) is 4.06. The van der Waals surface area contributed by atoms with E-state index in [1.807, 2.05) is 6.07 Å². The number of hydrogen-bond donors (Lipinski definition) is 0. The lowest BCUT2D eigenvalue weighted by Crippen LogP contribution is -2.06. The molecule has 3 aromatic rings. The summed E-state index contributed by atoms with van der Waals surface area (Å²) in [4.78, 5) is 0. The summed E-state index contributed by atoms with van der Waals surface area (Å²) in [6.45, 7) is 0.0612. The molecule has 0 radical (unpaired) electrons. The van der Waals surface area contributed by atoms with Crippen LogP contribution in [-0.2, 0) is 24.0 Å². The maximum absolute atomic E-state index is 13.2. The van der Waals surface area contributed by atoms with Crippen molar-refractivity contribution in [3.05, 3.63) is 68.1 Å². The highest BCUT2D eigenvalue weighted by molar-refractivity contribution is 9.10. The molecule has 1 aromatic heterocycles. The average molecular weight is 505 g/mol. The van der Waals surface area contributed by atoms with Crippen molar-refractivity contribution in [2.24, 2.45) is 0 Å². The van der Waals surface area contributed by atoms with Crippen LogP contribution in [-0.4, -0.2) is 17.1 Å². The number of fused-ring (bicyclic) bond motifs is 1. The van der Waals surface area contributed by atoms with E-state index in [1.54, 1.807) is 30.7 Å². The summed E-state index contributed by atoms with van der Waals surface area (Å²) in [6, 6.07) is 8.72. The van der Waals surface area contributed by atoms with Crippen LogP contribution < -0.4 is 4.74 Å². The van der Waals surface area contributed by atoms with Crippen LogP contribution in [0.2, 0.25) is 0 Å². The third kappa shape index (κ3) is 5.33. The molecule has 1 heterocycles. The molecule has 29 heavy (non-hydrogen) atoms. The van der Waals surface area contributed by atoms with Crippen LogP contribution in [0, 0.1) is 0 Å². The third-order valence-corrected chi connectivity index (χ3v) is 7.06. The molecule has 0 saturated carbocycles. The van der Waals surface area contributed by atoms with Gasteiger partial charge in [0.25, 0.3) is 0 Å². The van der Waals surface area contributed by atoms with Gasteiger partial charge in [-0.3, -0.25) is 0 Å². The Bertz CT molecular complexity index is 1050. The number of hydrogen-bond acceptors (Lipinski definition) is 4. The molecule has 0 bridgehead atoms. The van der Waals surface area contributed by atoms with Crippen LogP contribution in [0.1, 0.15) is 16.7 Å². The van der Waals surface area contributed by atoms with Crippen LogP contribution in [0.15, 0.2) is 55.8 Å². The predicted octanol–water partition coefficient (Wildman–Crippen LogP) is 6.83. The second-order valence-electron chi connectivity index (χ2n) is 6.08. The van der Waals surface area contributed by atoms with Crippen molar-refractivity contribution in [3.8, 4) is 5.75 Å². The number of benzene rings is 2. The van der Waals surface area contributed by atoms with Crippen molar-refractivity contribution in [1.29, 1.82) is 0 Å². The van der Waals surface area contributed by atoms with Gasteiger partial charge in [-0.25, -0.2) is 0 Å². The molecule has 0 aliphatic rings. The molecular weight excluding hydrogens is 489 g/mol. The number of halogens is 4. The molecule has 9 heteroatoms. The van der Waals surface area contributed by atoms with Gasteiger partial charge in [0.05, 0.1) is 16.3 Å². The first-order valence-electron chi connectivity index (χ1n) is 8.28. The highest BCUT2D eigenvalue weighted by Crippen LogP contribution is 2.35. The Hall–Kier alpha value is -1.55. The quantitative estimate of drug-likeness (QED) is 0.345. The van der Waals surface area contributed by atoms with Gasteiger partial charge in [0, 0.05) is 17.0 Å². The molecule has 154 valence electrons. The highest BCUT2D eigenvalue weighted by atomic mass is 79.9. The topological polar surface area (TPSA) is 45.4 Å². The van der Waals surface area contributed by atoms with Crippen molar-refractivity contribution >= 4 is 55.9 Å². The molecule has 0 saturated heterocycles. The lowest BCUT2D eigenvalue weighted by atomic mass is 10.1. The molecule has 0 fully saturated rings. The van der Waals surface area contributed by atoms with Gasteiger partial charge >= 0.3 is 6.18 Å². The SMILES string of the molecule is CS/C(=C\c1ccc(C(F)(F)F)cc1OCc1cc(Br)c2occc2c1)[S+](C)[O-]. The van der Waals surface area contributed by atoms with E-state index < -0.39 is 22.9 Å². The monoisotopic (exact) mass is 504 g/mol. The van der Waals surface area contributed by atoms with Gasteiger partial charge in [-0.05, 0) is 69.3 Å². The fourth-order valence-corrected chi connectivity index (χ4v) is 4.78. The number of ether oxygens (including phenoxy) is 1. The molecule has 2 aromatic carbocycles. The zero-order valence-electron chi connectivity index (χ0n) is 15.4. The van der Waals surface area contributed by atoms with Crippen molar-refractivity contribution in [1.82, 2.24) is 0 Å². The van der Waals surface area contributed by atoms with E-state index in [2.05, 4.69) is 15.9 Å². The zero-order valence-corrected chi connectivity index (χ0v) is 18.6. The molecule has 1 atom stereocenters. The second-order valence-corrected chi connectivity index (χ2v) is 9.39. The molecule has 3 rings (SSSR count). The van der Waals surface area contributed by atoms with Crippen molar-refractivity contribution in [3.63, 3.8) is 0 Å². The van der Waals surface area contributed by atoms with Gasteiger partial charge in [-0.15, -0.1) is 0 Å². The first kappa shape index (κ1) is 22.1.